The van der Waals surface area contributed by atoms with Crippen LogP contribution in [0.3, 0.4) is 0 Å². The minimum atomic E-state index is -0.0543. The summed E-state index contributed by atoms with van der Waals surface area (Å²) < 4.78 is 2.01. The molecule has 1 N–H and O–H groups in total. The summed E-state index contributed by atoms with van der Waals surface area (Å²) in [6.45, 7) is 7.37. The second-order valence-electron chi connectivity index (χ2n) is 9.56. The van der Waals surface area contributed by atoms with Crippen LogP contribution in [-0.4, -0.2) is 37.7 Å². The van der Waals surface area contributed by atoms with Gasteiger partial charge in [-0.3, -0.25) is 9.69 Å². The number of aromatic amines is 1. The van der Waals surface area contributed by atoms with Gasteiger partial charge < -0.3 is 4.98 Å². The normalized spacial score (nSPS) is 22.6. The Morgan fingerprint density at radius 2 is 1.84 bits per heavy atom. The van der Waals surface area contributed by atoms with Crippen LogP contribution in [-0.2, 0) is 13.0 Å². The third-order valence-electron chi connectivity index (χ3n) is 7.16. The monoisotopic (exact) mass is 419 g/mol. The van der Waals surface area contributed by atoms with E-state index in [-0.39, 0.29) is 11.5 Å². The number of fused-ring (bicyclic) bond motifs is 1. The second kappa shape index (κ2) is 8.58. The molecule has 164 valence electrons. The van der Waals surface area contributed by atoms with Crippen molar-refractivity contribution in [1.82, 2.24) is 24.6 Å². The molecule has 2 aromatic heterocycles. The number of nitrogens with one attached hydrogen (secondary N) is 1. The van der Waals surface area contributed by atoms with Gasteiger partial charge in [0.1, 0.15) is 11.2 Å². The summed E-state index contributed by atoms with van der Waals surface area (Å²) in [5.41, 5.74) is 3.47. The highest BCUT2D eigenvalue weighted by molar-refractivity contribution is 5.73. The van der Waals surface area contributed by atoms with Crippen molar-refractivity contribution in [3.05, 3.63) is 57.8 Å². The van der Waals surface area contributed by atoms with Crippen LogP contribution in [0.4, 0.5) is 0 Å². The van der Waals surface area contributed by atoms with Crippen LogP contribution in [0.1, 0.15) is 74.9 Å². The van der Waals surface area contributed by atoms with Crippen molar-refractivity contribution in [2.45, 2.75) is 70.9 Å². The van der Waals surface area contributed by atoms with Gasteiger partial charge in [-0.2, -0.15) is 5.10 Å². The van der Waals surface area contributed by atoms with Crippen molar-refractivity contribution < 1.29 is 0 Å². The fourth-order valence-electron chi connectivity index (χ4n) is 5.46. The zero-order valence-corrected chi connectivity index (χ0v) is 18.7. The third-order valence-corrected chi connectivity index (χ3v) is 7.16. The van der Waals surface area contributed by atoms with Gasteiger partial charge in [-0.15, -0.1) is 0 Å². The van der Waals surface area contributed by atoms with Gasteiger partial charge in [0.15, 0.2) is 5.65 Å². The molecule has 2 atom stereocenters. The molecular weight excluding hydrogens is 386 g/mol. The molecule has 3 heterocycles. The highest BCUT2D eigenvalue weighted by Crippen LogP contribution is 2.33. The van der Waals surface area contributed by atoms with Crippen LogP contribution in [0.25, 0.3) is 11.0 Å². The van der Waals surface area contributed by atoms with Gasteiger partial charge in [-0.05, 0) is 36.3 Å². The molecule has 1 aliphatic carbocycles. The average molecular weight is 420 g/mol. The van der Waals surface area contributed by atoms with E-state index in [0.29, 0.717) is 17.3 Å². The molecular formula is C25H33N5O. The molecule has 0 spiro atoms. The molecule has 3 aromatic rings. The largest absolute Gasteiger partial charge is 0.310 e. The molecule has 1 aliphatic heterocycles. The lowest BCUT2D eigenvalue weighted by atomic mass is 9.97. The first-order valence-electron chi connectivity index (χ1n) is 11.9. The average Bonchev–Trinajstić information content (AvgIpc) is 3.49. The lowest BCUT2D eigenvalue weighted by Gasteiger charge is -2.16. The minimum Gasteiger partial charge on any atom is -0.310 e. The quantitative estimate of drug-likeness (QED) is 0.642. The second-order valence-corrected chi connectivity index (χ2v) is 9.56. The van der Waals surface area contributed by atoms with E-state index in [2.05, 4.69) is 53.1 Å². The Hall–Kier alpha value is -2.47. The Bertz CT molecular complexity index is 1090. The predicted molar refractivity (Wildman–Crippen MR) is 123 cm³/mol. The van der Waals surface area contributed by atoms with Crippen molar-refractivity contribution in [3.8, 4) is 0 Å². The highest BCUT2D eigenvalue weighted by Gasteiger charge is 2.33. The fraction of sp³-hybridized carbons (Fsp3) is 0.560. The fourth-order valence-corrected chi connectivity index (χ4v) is 5.46. The number of likely N-dealkylation sites (tertiary alicyclic amines) is 1. The number of aromatic nitrogens is 4. The van der Waals surface area contributed by atoms with Crippen LogP contribution in [0.5, 0.6) is 0 Å². The molecule has 1 saturated carbocycles. The summed E-state index contributed by atoms with van der Waals surface area (Å²) in [5, 5.41) is 5.16. The summed E-state index contributed by atoms with van der Waals surface area (Å²) in [6.07, 6.45) is 8.74. The van der Waals surface area contributed by atoms with E-state index in [0.717, 1.165) is 50.4 Å². The standard InChI is InChI=1S/C25H33N5O/c1-3-6-18-9-11-19(12-10-18)15-29-14-17(2)22(16-29)23-27-24-21(25(31)28-23)13-26-30(24)20-7-4-5-8-20/h9-13,17,20,22H,3-8,14-16H2,1-2H3,(H,27,28,31)/t17-,22-/m1/s1. The zero-order chi connectivity index (χ0) is 21.4. The van der Waals surface area contributed by atoms with Crippen LogP contribution in [0, 0.1) is 5.92 Å². The van der Waals surface area contributed by atoms with Gasteiger partial charge in [-0.25, -0.2) is 9.67 Å². The first-order valence-corrected chi connectivity index (χ1v) is 11.9. The first kappa shape index (κ1) is 20.4. The Morgan fingerprint density at radius 1 is 1.10 bits per heavy atom. The predicted octanol–water partition coefficient (Wildman–Crippen LogP) is 4.42. The smallest absolute Gasteiger partial charge is 0.262 e. The van der Waals surface area contributed by atoms with E-state index in [1.54, 1.807) is 6.20 Å². The van der Waals surface area contributed by atoms with E-state index in [9.17, 15) is 4.79 Å². The van der Waals surface area contributed by atoms with Crippen molar-refractivity contribution in [2.24, 2.45) is 5.92 Å². The van der Waals surface area contributed by atoms with E-state index in [4.69, 9.17) is 4.98 Å². The van der Waals surface area contributed by atoms with Crippen molar-refractivity contribution in [1.29, 1.82) is 0 Å². The Kier molecular flexibility index (Phi) is 5.65. The van der Waals surface area contributed by atoms with Gasteiger partial charge in [0.25, 0.3) is 5.56 Å². The Balaban J connectivity index is 1.36. The van der Waals surface area contributed by atoms with Crippen molar-refractivity contribution >= 4 is 11.0 Å². The number of hydrogen-bond donors (Lipinski definition) is 1. The molecule has 0 unspecified atom stereocenters. The molecule has 6 nitrogen and oxygen atoms in total. The lowest BCUT2D eigenvalue weighted by Crippen LogP contribution is -2.21. The number of rotatable bonds is 6. The zero-order valence-electron chi connectivity index (χ0n) is 18.7. The Morgan fingerprint density at radius 3 is 2.58 bits per heavy atom. The number of hydrogen-bond acceptors (Lipinski definition) is 4. The van der Waals surface area contributed by atoms with E-state index >= 15 is 0 Å². The summed E-state index contributed by atoms with van der Waals surface area (Å²) in [4.78, 5) is 23.3. The van der Waals surface area contributed by atoms with Gasteiger partial charge in [0.05, 0.1) is 12.2 Å². The van der Waals surface area contributed by atoms with Crippen LogP contribution in [0.15, 0.2) is 35.3 Å². The van der Waals surface area contributed by atoms with Crippen molar-refractivity contribution in [2.75, 3.05) is 13.1 Å². The van der Waals surface area contributed by atoms with Gasteiger partial charge >= 0.3 is 0 Å². The summed E-state index contributed by atoms with van der Waals surface area (Å²) in [5.74, 6) is 1.51. The van der Waals surface area contributed by atoms with Gasteiger partial charge in [0.2, 0.25) is 0 Å². The van der Waals surface area contributed by atoms with Gasteiger partial charge in [-0.1, -0.05) is 57.4 Å². The third kappa shape index (κ3) is 4.05. The number of H-pyrrole nitrogens is 1. The molecule has 0 bridgehead atoms. The highest BCUT2D eigenvalue weighted by atomic mass is 16.1. The molecule has 2 aliphatic rings. The lowest BCUT2D eigenvalue weighted by molar-refractivity contribution is 0.318. The van der Waals surface area contributed by atoms with Crippen molar-refractivity contribution in [3.63, 3.8) is 0 Å². The number of benzene rings is 1. The summed E-state index contributed by atoms with van der Waals surface area (Å²) in [7, 11) is 0. The van der Waals surface area contributed by atoms with Crippen LogP contribution in [0.2, 0.25) is 0 Å². The topological polar surface area (TPSA) is 66.8 Å². The number of aryl methyl sites for hydroxylation is 1. The summed E-state index contributed by atoms with van der Waals surface area (Å²) >= 11 is 0. The van der Waals surface area contributed by atoms with E-state index in [1.807, 2.05) is 4.68 Å². The number of nitrogens with zero attached hydrogens (tertiary/aromatic N) is 4. The maximum absolute atomic E-state index is 12.8. The molecule has 2 fully saturated rings. The molecule has 1 saturated heterocycles. The molecule has 31 heavy (non-hydrogen) atoms. The molecule has 0 radical (unpaired) electrons. The Labute approximate surface area is 183 Å². The van der Waals surface area contributed by atoms with E-state index in [1.165, 1.54) is 30.4 Å². The molecule has 1 aromatic carbocycles. The molecule has 6 heteroatoms. The SMILES string of the molecule is CCCc1ccc(CN2C[C@@H](C)[C@H](c3nc4c(cnn4C4CCCC4)c(=O)[nH]3)C2)cc1. The van der Waals surface area contributed by atoms with Crippen LogP contribution >= 0.6 is 0 Å². The van der Waals surface area contributed by atoms with E-state index < -0.39 is 0 Å². The minimum absolute atomic E-state index is 0.0543. The van der Waals surface area contributed by atoms with Gasteiger partial charge in [0, 0.05) is 25.6 Å². The summed E-state index contributed by atoms with van der Waals surface area (Å²) in [6, 6.07) is 9.41. The maximum Gasteiger partial charge on any atom is 0.262 e. The molecule has 5 rings (SSSR count). The maximum atomic E-state index is 12.8. The first-order chi connectivity index (χ1) is 15.1. The molecule has 0 amide bonds. The van der Waals surface area contributed by atoms with Crippen LogP contribution < -0.4 is 5.56 Å².